The van der Waals surface area contributed by atoms with Crippen LogP contribution >= 0.6 is 0 Å². The van der Waals surface area contributed by atoms with Crippen molar-refractivity contribution in [2.24, 2.45) is 0 Å². The Balaban J connectivity index is 2.02. The van der Waals surface area contributed by atoms with E-state index in [1.54, 1.807) is 18.2 Å². The first-order valence-electron chi connectivity index (χ1n) is 7.40. The number of carbonyl (C=O) groups excluding carboxylic acids is 1. The van der Waals surface area contributed by atoms with Crippen LogP contribution < -0.4 is 10.1 Å². The SMILES string of the molecule is CCOc1ccc(C=CC(=O)Nc2cccc(S(C)(=O)=O)c2)cc1. The number of anilines is 1. The molecule has 0 spiro atoms. The Labute approximate surface area is 141 Å². The van der Waals surface area contributed by atoms with E-state index in [0.717, 1.165) is 17.6 Å². The number of hydrogen-bond donors (Lipinski definition) is 1. The smallest absolute Gasteiger partial charge is 0.248 e. The summed E-state index contributed by atoms with van der Waals surface area (Å²) >= 11 is 0. The van der Waals surface area contributed by atoms with Gasteiger partial charge in [0, 0.05) is 18.0 Å². The Morgan fingerprint density at radius 2 is 1.88 bits per heavy atom. The maximum Gasteiger partial charge on any atom is 0.248 e. The first kappa shape index (κ1) is 17.7. The lowest BCUT2D eigenvalue weighted by Crippen LogP contribution is -2.08. The number of hydrogen-bond acceptors (Lipinski definition) is 4. The zero-order valence-corrected chi connectivity index (χ0v) is 14.3. The quantitative estimate of drug-likeness (QED) is 0.817. The molecule has 0 saturated heterocycles. The minimum absolute atomic E-state index is 0.163. The number of ether oxygens (including phenoxy) is 1. The summed E-state index contributed by atoms with van der Waals surface area (Å²) in [5, 5.41) is 2.64. The lowest BCUT2D eigenvalue weighted by molar-refractivity contribution is -0.111. The van der Waals surface area contributed by atoms with E-state index in [2.05, 4.69) is 5.32 Å². The minimum Gasteiger partial charge on any atom is -0.494 e. The molecule has 5 nitrogen and oxygen atoms in total. The van der Waals surface area contributed by atoms with E-state index < -0.39 is 9.84 Å². The Morgan fingerprint density at radius 3 is 2.50 bits per heavy atom. The van der Waals surface area contributed by atoms with E-state index in [4.69, 9.17) is 4.74 Å². The molecule has 0 unspecified atom stereocenters. The van der Waals surface area contributed by atoms with E-state index in [1.807, 2.05) is 31.2 Å². The molecule has 0 fully saturated rings. The van der Waals surface area contributed by atoms with Gasteiger partial charge in [0.05, 0.1) is 11.5 Å². The van der Waals surface area contributed by atoms with Crippen molar-refractivity contribution in [3.05, 3.63) is 60.2 Å². The highest BCUT2D eigenvalue weighted by Crippen LogP contribution is 2.16. The Hall–Kier alpha value is -2.60. The molecule has 0 radical (unpaired) electrons. The van der Waals surface area contributed by atoms with E-state index >= 15 is 0 Å². The van der Waals surface area contributed by atoms with Gasteiger partial charge in [-0.1, -0.05) is 18.2 Å². The van der Waals surface area contributed by atoms with Gasteiger partial charge < -0.3 is 10.1 Å². The van der Waals surface area contributed by atoms with Crippen molar-refractivity contribution >= 4 is 27.5 Å². The molecule has 0 aromatic heterocycles. The number of rotatable bonds is 6. The molecule has 2 rings (SSSR count). The predicted molar refractivity (Wildman–Crippen MR) is 94.8 cm³/mol. The Morgan fingerprint density at radius 1 is 1.17 bits per heavy atom. The molecule has 2 aromatic rings. The van der Waals surface area contributed by atoms with Crippen LogP contribution in [0.25, 0.3) is 6.08 Å². The number of amides is 1. The number of carbonyl (C=O) groups is 1. The van der Waals surface area contributed by atoms with E-state index in [-0.39, 0.29) is 10.8 Å². The normalized spacial score (nSPS) is 11.4. The van der Waals surface area contributed by atoms with Crippen LogP contribution in [0, 0.1) is 0 Å². The van der Waals surface area contributed by atoms with E-state index in [9.17, 15) is 13.2 Å². The van der Waals surface area contributed by atoms with Gasteiger partial charge in [0.1, 0.15) is 5.75 Å². The first-order valence-corrected chi connectivity index (χ1v) is 9.29. The van der Waals surface area contributed by atoms with Crippen molar-refractivity contribution < 1.29 is 17.9 Å². The first-order chi connectivity index (χ1) is 11.4. The van der Waals surface area contributed by atoms with Gasteiger partial charge in [-0.2, -0.15) is 0 Å². The molecule has 0 saturated carbocycles. The van der Waals surface area contributed by atoms with Crippen LogP contribution in [0.15, 0.2) is 59.5 Å². The van der Waals surface area contributed by atoms with Crippen molar-refractivity contribution in [2.45, 2.75) is 11.8 Å². The molecule has 1 N–H and O–H groups in total. The molecule has 0 aliphatic rings. The molecule has 126 valence electrons. The van der Waals surface area contributed by atoms with Gasteiger partial charge in [-0.3, -0.25) is 4.79 Å². The third kappa shape index (κ3) is 5.24. The third-order valence-corrected chi connectivity index (χ3v) is 4.26. The minimum atomic E-state index is -3.31. The fourth-order valence-electron chi connectivity index (χ4n) is 2.00. The van der Waals surface area contributed by atoms with Crippen LogP contribution in [-0.2, 0) is 14.6 Å². The highest BCUT2D eigenvalue weighted by Gasteiger charge is 2.08. The highest BCUT2D eigenvalue weighted by atomic mass is 32.2. The molecule has 24 heavy (non-hydrogen) atoms. The van der Waals surface area contributed by atoms with E-state index in [0.29, 0.717) is 12.3 Å². The molecule has 0 heterocycles. The van der Waals surface area contributed by atoms with Crippen LogP contribution in [0.5, 0.6) is 5.75 Å². The summed E-state index contributed by atoms with van der Waals surface area (Å²) in [4.78, 5) is 12.1. The highest BCUT2D eigenvalue weighted by molar-refractivity contribution is 7.90. The van der Waals surface area contributed by atoms with Gasteiger partial charge >= 0.3 is 0 Å². The average molecular weight is 345 g/mol. The van der Waals surface area contributed by atoms with Crippen molar-refractivity contribution in [1.82, 2.24) is 0 Å². The van der Waals surface area contributed by atoms with Gasteiger partial charge in [0.25, 0.3) is 0 Å². The zero-order chi connectivity index (χ0) is 17.6. The molecule has 0 bridgehead atoms. The fourth-order valence-corrected chi connectivity index (χ4v) is 2.67. The fraction of sp³-hybridized carbons (Fsp3) is 0.167. The molecule has 0 aliphatic carbocycles. The summed E-state index contributed by atoms with van der Waals surface area (Å²) in [6, 6.07) is 13.5. The molecule has 0 atom stereocenters. The second-order valence-electron chi connectivity index (χ2n) is 5.12. The standard InChI is InChI=1S/C18H19NO4S/c1-3-23-16-10-7-14(8-11-16)9-12-18(20)19-15-5-4-6-17(13-15)24(2,21)22/h4-13H,3H2,1-2H3,(H,19,20). The summed E-state index contributed by atoms with van der Waals surface area (Å²) in [6.45, 7) is 2.51. The van der Waals surface area contributed by atoms with Crippen LogP contribution in [0.4, 0.5) is 5.69 Å². The number of nitrogens with one attached hydrogen (secondary N) is 1. The van der Waals surface area contributed by atoms with Crippen molar-refractivity contribution in [2.75, 3.05) is 18.2 Å². The van der Waals surface area contributed by atoms with Gasteiger partial charge in [-0.05, 0) is 48.9 Å². The maximum atomic E-state index is 11.9. The number of sulfone groups is 1. The Bertz CT molecular complexity index is 840. The third-order valence-electron chi connectivity index (χ3n) is 3.15. The molecular formula is C18H19NO4S. The lowest BCUT2D eigenvalue weighted by Gasteiger charge is -2.05. The van der Waals surface area contributed by atoms with Crippen LogP contribution in [-0.4, -0.2) is 27.2 Å². The van der Waals surface area contributed by atoms with Crippen LogP contribution in [0.1, 0.15) is 12.5 Å². The largest absolute Gasteiger partial charge is 0.494 e. The monoisotopic (exact) mass is 345 g/mol. The summed E-state index contributed by atoms with van der Waals surface area (Å²) < 4.78 is 28.4. The average Bonchev–Trinajstić information content (AvgIpc) is 2.54. The lowest BCUT2D eigenvalue weighted by atomic mass is 10.2. The summed E-state index contributed by atoms with van der Waals surface area (Å²) in [7, 11) is -3.31. The van der Waals surface area contributed by atoms with Gasteiger partial charge in [-0.25, -0.2) is 8.42 Å². The summed E-state index contributed by atoms with van der Waals surface area (Å²) in [5.41, 5.74) is 1.29. The summed E-state index contributed by atoms with van der Waals surface area (Å²) in [5.74, 6) is 0.436. The Kier molecular flexibility index (Phi) is 5.76. The van der Waals surface area contributed by atoms with Gasteiger partial charge in [0.2, 0.25) is 5.91 Å². The predicted octanol–water partition coefficient (Wildman–Crippen LogP) is 3.14. The van der Waals surface area contributed by atoms with Gasteiger partial charge in [0.15, 0.2) is 9.84 Å². The zero-order valence-electron chi connectivity index (χ0n) is 13.5. The van der Waals surface area contributed by atoms with Crippen LogP contribution in [0.2, 0.25) is 0 Å². The maximum absolute atomic E-state index is 11.9. The second kappa shape index (κ2) is 7.79. The van der Waals surface area contributed by atoms with Crippen molar-refractivity contribution in [3.8, 4) is 5.75 Å². The molecule has 0 aliphatic heterocycles. The molecular weight excluding hydrogens is 326 g/mol. The topological polar surface area (TPSA) is 72.5 Å². The molecule has 2 aromatic carbocycles. The molecule has 6 heteroatoms. The van der Waals surface area contributed by atoms with E-state index in [1.165, 1.54) is 18.2 Å². The van der Waals surface area contributed by atoms with Crippen LogP contribution in [0.3, 0.4) is 0 Å². The van der Waals surface area contributed by atoms with Crippen molar-refractivity contribution in [3.63, 3.8) is 0 Å². The number of benzene rings is 2. The second-order valence-corrected chi connectivity index (χ2v) is 7.14. The van der Waals surface area contributed by atoms with Crippen molar-refractivity contribution in [1.29, 1.82) is 0 Å². The summed E-state index contributed by atoms with van der Waals surface area (Å²) in [6.07, 6.45) is 4.19. The molecule has 1 amide bonds. The van der Waals surface area contributed by atoms with Gasteiger partial charge in [-0.15, -0.1) is 0 Å².